The first-order valence-electron chi connectivity index (χ1n) is 6.79. The fraction of sp³-hybridized carbons (Fsp3) is 0.615. The smallest absolute Gasteiger partial charge is 0.217 e. The van der Waals surface area contributed by atoms with E-state index in [1.54, 1.807) is 0 Å². The Balaban J connectivity index is 2.61. The van der Waals surface area contributed by atoms with Crippen LogP contribution < -0.4 is 16.4 Å². The molecule has 1 rings (SSSR count). The van der Waals surface area contributed by atoms with Crippen LogP contribution in [0.2, 0.25) is 0 Å². The number of carbonyl (C=O) groups excluding carboxylic acids is 1. The highest BCUT2D eigenvalue weighted by atomic mass is 16.1. The molecular weight excluding hydrogens is 242 g/mol. The van der Waals surface area contributed by atoms with Crippen molar-refractivity contribution in [2.45, 2.75) is 39.5 Å². The zero-order chi connectivity index (χ0) is 14.1. The minimum absolute atomic E-state index is 0.274. The van der Waals surface area contributed by atoms with Gasteiger partial charge in [0.15, 0.2) is 0 Å². The summed E-state index contributed by atoms with van der Waals surface area (Å²) in [6.45, 7) is 5.63. The lowest BCUT2D eigenvalue weighted by molar-refractivity contribution is -0.118. The number of nitrogens with one attached hydrogen (secondary N) is 2. The summed E-state index contributed by atoms with van der Waals surface area (Å²) in [5.41, 5.74) is 5.10. The summed E-state index contributed by atoms with van der Waals surface area (Å²) < 4.78 is 0. The average molecular weight is 265 g/mol. The van der Waals surface area contributed by atoms with E-state index in [9.17, 15) is 4.79 Å². The second-order valence-electron chi connectivity index (χ2n) is 4.33. The molecule has 0 fully saturated rings. The molecule has 4 N–H and O–H groups in total. The molecule has 1 amide bonds. The molecule has 0 saturated heterocycles. The summed E-state index contributed by atoms with van der Waals surface area (Å²) >= 11 is 0. The topological polar surface area (TPSA) is 92.9 Å². The summed E-state index contributed by atoms with van der Waals surface area (Å²) in [5, 5.41) is 6.39. The number of anilines is 2. The highest BCUT2D eigenvalue weighted by Crippen LogP contribution is 2.12. The third-order valence-corrected chi connectivity index (χ3v) is 2.51. The van der Waals surface area contributed by atoms with Crippen LogP contribution in [0, 0.1) is 0 Å². The van der Waals surface area contributed by atoms with E-state index in [2.05, 4.69) is 27.5 Å². The first kappa shape index (κ1) is 15.2. The van der Waals surface area contributed by atoms with Gasteiger partial charge in [0.1, 0.15) is 17.5 Å². The monoisotopic (exact) mass is 265 g/mol. The molecule has 0 unspecified atom stereocenters. The number of nitrogens with zero attached hydrogens (tertiary/aromatic N) is 2. The number of hydrogen-bond donors (Lipinski definition) is 3. The maximum absolute atomic E-state index is 10.6. The zero-order valence-corrected chi connectivity index (χ0v) is 11.7. The third-order valence-electron chi connectivity index (χ3n) is 2.51. The van der Waals surface area contributed by atoms with E-state index in [-0.39, 0.29) is 5.91 Å². The fourth-order valence-corrected chi connectivity index (χ4v) is 1.67. The quantitative estimate of drug-likeness (QED) is 0.589. The van der Waals surface area contributed by atoms with E-state index in [0.717, 1.165) is 36.8 Å². The Morgan fingerprint density at radius 3 is 2.53 bits per heavy atom. The molecule has 0 aromatic carbocycles. The van der Waals surface area contributed by atoms with Gasteiger partial charge in [0.2, 0.25) is 5.91 Å². The normalized spacial score (nSPS) is 10.2. The Morgan fingerprint density at radius 2 is 1.95 bits per heavy atom. The van der Waals surface area contributed by atoms with Gasteiger partial charge >= 0.3 is 0 Å². The molecule has 0 aliphatic carbocycles. The third kappa shape index (κ3) is 6.03. The van der Waals surface area contributed by atoms with Crippen molar-refractivity contribution in [2.75, 3.05) is 23.7 Å². The van der Waals surface area contributed by atoms with Crippen molar-refractivity contribution >= 4 is 17.5 Å². The van der Waals surface area contributed by atoms with Gasteiger partial charge in [-0.2, -0.15) is 0 Å². The van der Waals surface area contributed by atoms with Crippen LogP contribution in [-0.4, -0.2) is 29.0 Å². The van der Waals surface area contributed by atoms with Gasteiger partial charge in [0.05, 0.1) is 0 Å². The predicted molar refractivity (Wildman–Crippen MR) is 77.1 cm³/mol. The number of carbonyl (C=O) groups is 1. The van der Waals surface area contributed by atoms with E-state index in [1.165, 1.54) is 0 Å². The van der Waals surface area contributed by atoms with Gasteiger partial charge in [-0.25, -0.2) is 9.97 Å². The lowest BCUT2D eigenvalue weighted by Crippen LogP contribution is -2.13. The summed E-state index contributed by atoms with van der Waals surface area (Å²) in [6, 6.07) is 1.88. The Kier molecular flexibility index (Phi) is 6.63. The fourth-order valence-electron chi connectivity index (χ4n) is 1.67. The van der Waals surface area contributed by atoms with Crippen LogP contribution in [0.5, 0.6) is 0 Å². The van der Waals surface area contributed by atoms with Crippen LogP contribution >= 0.6 is 0 Å². The van der Waals surface area contributed by atoms with E-state index in [1.807, 2.05) is 13.0 Å². The Hall–Kier alpha value is -1.85. The molecule has 0 spiro atoms. The number of nitrogens with two attached hydrogens (primary N) is 1. The molecule has 0 saturated carbocycles. The van der Waals surface area contributed by atoms with Crippen LogP contribution in [-0.2, 0) is 11.2 Å². The van der Waals surface area contributed by atoms with Gasteiger partial charge in [-0.05, 0) is 19.8 Å². The van der Waals surface area contributed by atoms with Crippen molar-refractivity contribution in [1.29, 1.82) is 0 Å². The van der Waals surface area contributed by atoms with Gasteiger partial charge < -0.3 is 16.4 Å². The van der Waals surface area contributed by atoms with E-state index in [0.29, 0.717) is 19.4 Å². The number of rotatable bonds is 9. The SMILES string of the molecule is CCCc1nc(NCC)cc(NCCCC(N)=O)n1. The molecule has 1 heterocycles. The van der Waals surface area contributed by atoms with Gasteiger partial charge in [0, 0.05) is 32.0 Å². The molecule has 106 valence electrons. The van der Waals surface area contributed by atoms with Crippen LogP contribution in [0.4, 0.5) is 11.6 Å². The van der Waals surface area contributed by atoms with E-state index < -0.39 is 0 Å². The van der Waals surface area contributed by atoms with Crippen molar-refractivity contribution in [3.05, 3.63) is 11.9 Å². The number of primary amides is 1. The average Bonchev–Trinajstić information content (AvgIpc) is 2.35. The molecule has 1 aromatic rings. The highest BCUT2D eigenvalue weighted by Gasteiger charge is 2.03. The molecular formula is C13H23N5O. The standard InChI is InChI=1S/C13H23N5O/c1-3-6-11-17-12(15-4-2)9-13(18-11)16-8-5-7-10(14)19/h9H,3-8H2,1-2H3,(H2,14,19)(H2,15,16,17,18). The molecule has 19 heavy (non-hydrogen) atoms. The minimum atomic E-state index is -0.274. The molecule has 0 bridgehead atoms. The molecule has 0 aliphatic heterocycles. The van der Waals surface area contributed by atoms with Crippen LogP contribution in [0.25, 0.3) is 0 Å². The van der Waals surface area contributed by atoms with Gasteiger partial charge in [0.25, 0.3) is 0 Å². The summed E-state index contributed by atoms with van der Waals surface area (Å²) in [4.78, 5) is 19.5. The van der Waals surface area contributed by atoms with Crippen molar-refractivity contribution in [3.63, 3.8) is 0 Å². The predicted octanol–water partition coefficient (Wildman–Crippen LogP) is 1.54. The van der Waals surface area contributed by atoms with Gasteiger partial charge in [-0.1, -0.05) is 6.92 Å². The van der Waals surface area contributed by atoms with Gasteiger partial charge in [-0.3, -0.25) is 4.79 Å². The van der Waals surface area contributed by atoms with Crippen LogP contribution in [0.15, 0.2) is 6.07 Å². The minimum Gasteiger partial charge on any atom is -0.370 e. The first-order chi connectivity index (χ1) is 9.15. The molecule has 0 aliphatic rings. The van der Waals surface area contributed by atoms with Crippen molar-refractivity contribution in [2.24, 2.45) is 5.73 Å². The second-order valence-corrected chi connectivity index (χ2v) is 4.33. The van der Waals surface area contributed by atoms with Crippen LogP contribution in [0.1, 0.15) is 38.9 Å². The lowest BCUT2D eigenvalue weighted by Gasteiger charge is -2.10. The Bertz CT molecular complexity index is 384. The maximum atomic E-state index is 10.6. The summed E-state index contributed by atoms with van der Waals surface area (Å²) in [5.74, 6) is 2.18. The van der Waals surface area contributed by atoms with E-state index in [4.69, 9.17) is 5.73 Å². The zero-order valence-electron chi connectivity index (χ0n) is 11.7. The van der Waals surface area contributed by atoms with Crippen molar-refractivity contribution in [3.8, 4) is 0 Å². The highest BCUT2D eigenvalue weighted by molar-refractivity contribution is 5.73. The molecule has 6 heteroatoms. The van der Waals surface area contributed by atoms with E-state index >= 15 is 0 Å². The molecule has 0 atom stereocenters. The number of aromatic nitrogens is 2. The second kappa shape index (κ2) is 8.29. The van der Waals surface area contributed by atoms with Crippen LogP contribution in [0.3, 0.4) is 0 Å². The largest absolute Gasteiger partial charge is 0.370 e. The number of amides is 1. The number of aryl methyl sites for hydroxylation is 1. The Labute approximate surface area is 114 Å². The van der Waals surface area contributed by atoms with Crippen molar-refractivity contribution in [1.82, 2.24) is 9.97 Å². The summed E-state index contributed by atoms with van der Waals surface area (Å²) in [6.07, 6.45) is 2.96. The lowest BCUT2D eigenvalue weighted by atomic mass is 10.3. The summed E-state index contributed by atoms with van der Waals surface area (Å²) in [7, 11) is 0. The molecule has 1 aromatic heterocycles. The van der Waals surface area contributed by atoms with Crippen molar-refractivity contribution < 1.29 is 4.79 Å². The Morgan fingerprint density at radius 1 is 1.26 bits per heavy atom. The van der Waals surface area contributed by atoms with Gasteiger partial charge in [-0.15, -0.1) is 0 Å². The molecule has 6 nitrogen and oxygen atoms in total. The first-order valence-corrected chi connectivity index (χ1v) is 6.79. The maximum Gasteiger partial charge on any atom is 0.217 e. The number of hydrogen-bond acceptors (Lipinski definition) is 5. The molecule has 0 radical (unpaired) electrons.